The Morgan fingerprint density at radius 1 is 1.17 bits per heavy atom. The van der Waals surface area contributed by atoms with E-state index in [-0.39, 0.29) is 24.5 Å². The van der Waals surface area contributed by atoms with Gasteiger partial charge in [-0.25, -0.2) is 19.2 Å². The van der Waals surface area contributed by atoms with Crippen molar-refractivity contribution in [3.63, 3.8) is 0 Å². The van der Waals surface area contributed by atoms with E-state index in [1.54, 1.807) is 31.3 Å². The van der Waals surface area contributed by atoms with Crippen LogP contribution in [0.4, 0.5) is 4.39 Å². The first-order chi connectivity index (χ1) is 13.9. The molecule has 0 unspecified atom stereocenters. The van der Waals surface area contributed by atoms with Crippen molar-refractivity contribution < 1.29 is 8.81 Å². The summed E-state index contributed by atoms with van der Waals surface area (Å²) in [6, 6.07) is 7.92. The molecule has 0 saturated carbocycles. The Morgan fingerprint density at radius 3 is 2.69 bits per heavy atom. The summed E-state index contributed by atoms with van der Waals surface area (Å²) < 4.78 is 21.7. The summed E-state index contributed by atoms with van der Waals surface area (Å²) in [4.78, 5) is 32.9. The van der Waals surface area contributed by atoms with E-state index < -0.39 is 11.9 Å². The highest BCUT2D eigenvalue weighted by atomic mass is 35.5. The number of halogens is 2. The van der Waals surface area contributed by atoms with E-state index in [2.05, 4.69) is 15.1 Å². The molecule has 29 heavy (non-hydrogen) atoms. The van der Waals surface area contributed by atoms with Gasteiger partial charge >= 0.3 is 5.76 Å². The molecule has 1 aromatic carbocycles. The largest absolute Gasteiger partial charge is 0.437 e. The lowest BCUT2D eigenvalue weighted by Crippen LogP contribution is -2.22. The minimum absolute atomic E-state index is 0.0249. The van der Waals surface area contributed by atoms with Crippen LogP contribution in [-0.2, 0) is 13.1 Å². The van der Waals surface area contributed by atoms with Crippen LogP contribution < -0.4 is 11.3 Å². The van der Waals surface area contributed by atoms with Gasteiger partial charge in [-0.3, -0.25) is 9.36 Å². The summed E-state index contributed by atoms with van der Waals surface area (Å²) in [5.41, 5.74) is 1.10. The van der Waals surface area contributed by atoms with Crippen molar-refractivity contribution in [3.8, 4) is 0 Å². The predicted molar refractivity (Wildman–Crippen MR) is 104 cm³/mol. The Hall–Kier alpha value is -3.33. The quantitative estimate of drug-likeness (QED) is 0.497. The van der Waals surface area contributed by atoms with Crippen LogP contribution in [0.5, 0.6) is 0 Å². The van der Waals surface area contributed by atoms with Crippen molar-refractivity contribution in [2.45, 2.75) is 26.2 Å². The fraction of sp³-hybridized carbons (Fsp3) is 0.211. The summed E-state index contributed by atoms with van der Waals surface area (Å²) >= 11 is 5.80. The first-order valence-corrected chi connectivity index (χ1v) is 9.07. The highest BCUT2D eigenvalue weighted by Gasteiger charge is 2.17. The maximum Gasteiger partial charge on any atom is 0.437 e. The average Bonchev–Trinajstić information content (AvgIpc) is 3.03. The molecule has 0 aliphatic heterocycles. The lowest BCUT2D eigenvalue weighted by Gasteiger charge is -2.07. The van der Waals surface area contributed by atoms with Gasteiger partial charge in [0.25, 0.3) is 5.56 Å². The third kappa shape index (κ3) is 3.81. The molecule has 0 spiro atoms. The fourth-order valence-electron chi connectivity index (χ4n) is 2.94. The number of aromatic nitrogens is 5. The molecule has 4 aromatic rings. The number of rotatable bonds is 5. The van der Waals surface area contributed by atoms with Gasteiger partial charge in [-0.15, -0.1) is 5.10 Å². The second kappa shape index (κ2) is 7.59. The minimum Gasteiger partial charge on any atom is -0.390 e. The minimum atomic E-state index is -1.47. The highest BCUT2D eigenvalue weighted by Crippen LogP contribution is 2.21. The van der Waals surface area contributed by atoms with E-state index in [4.69, 9.17) is 16.0 Å². The lowest BCUT2D eigenvalue weighted by atomic mass is 10.1. The lowest BCUT2D eigenvalue weighted by molar-refractivity contribution is 0.283. The number of aryl methyl sites for hydroxylation is 1. The van der Waals surface area contributed by atoms with Gasteiger partial charge in [-0.05, 0) is 36.2 Å². The molecule has 8 nitrogen and oxygen atoms in total. The molecule has 10 heteroatoms. The molecule has 0 aliphatic rings. The number of hydrogen-bond acceptors (Lipinski definition) is 6. The summed E-state index contributed by atoms with van der Waals surface area (Å²) in [6.45, 7) is 1.35. The molecule has 0 amide bonds. The zero-order chi connectivity index (χ0) is 20.5. The second-order valence-electron chi connectivity index (χ2n) is 6.47. The first-order valence-electron chi connectivity index (χ1n) is 8.69. The van der Waals surface area contributed by atoms with Gasteiger partial charge < -0.3 is 4.42 Å². The van der Waals surface area contributed by atoms with Crippen LogP contribution in [-0.4, -0.2) is 24.3 Å². The van der Waals surface area contributed by atoms with Crippen LogP contribution in [0.15, 0.2) is 56.9 Å². The van der Waals surface area contributed by atoms with Crippen LogP contribution in [0.2, 0.25) is 5.02 Å². The third-order valence-corrected chi connectivity index (χ3v) is 4.70. The number of benzene rings is 1. The maximum atomic E-state index is 14.5. The van der Waals surface area contributed by atoms with Crippen molar-refractivity contribution in [1.29, 1.82) is 0 Å². The Labute approximate surface area is 168 Å². The number of pyridine rings is 1. The molecule has 3 aromatic heterocycles. The predicted octanol–water partition coefficient (Wildman–Crippen LogP) is 2.66. The Kier molecular flexibility index (Phi) is 4.98. The van der Waals surface area contributed by atoms with Crippen molar-refractivity contribution in [2.24, 2.45) is 0 Å². The molecular formula is C19H15ClFN5O3. The summed E-state index contributed by atoms with van der Waals surface area (Å²) in [5.74, 6) is -0.834. The van der Waals surface area contributed by atoms with Gasteiger partial charge in [0.05, 0.1) is 11.9 Å². The average molecular weight is 416 g/mol. The van der Waals surface area contributed by atoms with Gasteiger partial charge in [0, 0.05) is 11.2 Å². The SMILES string of the molecule is Cc1ccnc2ncn(Cc3nn(C[C@H](F)c4ccc(Cl)cc4)c(=O)o3)c(=O)c12. The van der Waals surface area contributed by atoms with Crippen LogP contribution in [0.3, 0.4) is 0 Å². The smallest absolute Gasteiger partial charge is 0.390 e. The van der Waals surface area contributed by atoms with E-state index in [1.165, 1.54) is 23.0 Å². The molecule has 0 radical (unpaired) electrons. The number of alkyl halides is 1. The van der Waals surface area contributed by atoms with Gasteiger partial charge in [0.15, 0.2) is 5.65 Å². The standard InChI is InChI=1S/C19H15ClFN5O3/c1-11-6-7-22-17-16(11)18(27)25(10-23-17)9-15-24-26(19(28)29-15)8-14(21)12-2-4-13(20)5-3-12/h2-7,10,14H,8-9H2,1H3/t14-/m0/s1. The Morgan fingerprint density at radius 2 is 1.93 bits per heavy atom. The number of hydrogen-bond donors (Lipinski definition) is 0. The van der Waals surface area contributed by atoms with Crippen LogP contribution in [0.25, 0.3) is 11.0 Å². The van der Waals surface area contributed by atoms with E-state index >= 15 is 0 Å². The summed E-state index contributed by atoms with van der Waals surface area (Å²) in [7, 11) is 0. The van der Waals surface area contributed by atoms with Gasteiger partial charge in [-0.1, -0.05) is 23.7 Å². The Bertz CT molecular complexity index is 1300. The molecule has 0 bridgehead atoms. The molecule has 1 atom stereocenters. The molecule has 0 fully saturated rings. The van der Waals surface area contributed by atoms with Crippen LogP contribution in [0.1, 0.15) is 23.2 Å². The normalized spacial score (nSPS) is 12.4. The zero-order valence-electron chi connectivity index (χ0n) is 15.2. The summed E-state index contributed by atoms with van der Waals surface area (Å²) in [5, 5.41) is 4.87. The first kappa shape index (κ1) is 19.0. The van der Waals surface area contributed by atoms with Crippen LogP contribution in [0, 0.1) is 6.92 Å². The topological polar surface area (TPSA) is 95.8 Å². The molecule has 4 rings (SSSR count). The molecule has 3 heterocycles. The van der Waals surface area contributed by atoms with Gasteiger partial charge in [0.1, 0.15) is 19.0 Å². The Balaban J connectivity index is 1.59. The molecule has 0 saturated heterocycles. The zero-order valence-corrected chi connectivity index (χ0v) is 16.0. The van der Waals surface area contributed by atoms with Gasteiger partial charge in [-0.2, -0.15) is 4.68 Å². The fourth-order valence-corrected chi connectivity index (χ4v) is 3.07. The molecule has 148 valence electrons. The van der Waals surface area contributed by atoms with E-state index in [0.29, 0.717) is 21.6 Å². The van der Waals surface area contributed by atoms with Gasteiger partial charge in [0.2, 0.25) is 5.89 Å². The maximum absolute atomic E-state index is 14.5. The number of nitrogens with zero attached hydrogens (tertiary/aromatic N) is 5. The molecular weight excluding hydrogens is 401 g/mol. The molecule has 0 N–H and O–H groups in total. The van der Waals surface area contributed by atoms with E-state index in [0.717, 1.165) is 10.2 Å². The number of fused-ring (bicyclic) bond motifs is 1. The molecule has 0 aliphatic carbocycles. The highest BCUT2D eigenvalue weighted by molar-refractivity contribution is 6.30. The second-order valence-corrected chi connectivity index (χ2v) is 6.90. The monoisotopic (exact) mass is 415 g/mol. The van der Waals surface area contributed by atoms with Crippen molar-refractivity contribution in [1.82, 2.24) is 24.3 Å². The van der Waals surface area contributed by atoms with Crippen molar-refractivity contribution in [2.75, 3.05) is 0 Å². The van der Waals surface area contributed by atoms with Crippen molar-refractivity contribution in [3.05, 3.63) is 85.8 Å². The van der Waals surface area contributed by atoms with E-state index in [9.17, 15) is 14.0 Å². The van der Waals surface area contributed by atoms with E-state index in [1.807, 2.05) is 0 Å². The van der Waals surface area contributed by atoms with Crippen LogP contribution >= 0.6 is 11.6 Å². The third-order valence-electron chi connectivity index (χ3n) is 4.45. The summed E-state index contributed by atoms with van der Waals surface area (Å²) in [6.07, 6.45) is 1.41. The van der Waals surface area contributed by atoms with Crippen molar-refractivity contribution >= 4 is 22.6 Å².